The maximum Gasteiger partial charge on any atom is 0.254 e. The molecule has 0 bridgehead atoms. The normalized spacial score (nSPS) is 10.6. The van der Waals surface area contributed by atoms with Crippen LogP contribution >= 0.6 is 11.6 Å². The van der Waals surface area contributed by atoms with E-state index in [1.807, 2.05) is 61.7 Å². The van der Waals surface area contributed by atoms with E-state index in [2.05, 4.69) is 16.9 Å². The third kappa shape index (κ3) is 6.26. The number of ether oxygens (including phenoxy) is 1. The first-order valence-corrected chi connectivity index (χ1v) is 12.0. The Labute approximate surface area is 221 Å². The molecule has 0 saturated heterocycles. The van der Waals surface area contributed by atoms with Crippen LogP contribution in [0.5, 0.6) is 5.75 Å². The standard InChI is InChI=1S/C29H27ClN4O3/c1-4-16-33(28(36)22-10-8-20(2)9-11-22)19-27(35)32-29-31-26(21-12-14-23(30)15-13-21)18-34(29)24-6-5-7-25(17-24)37-3/h4-15,17-18H,1,16,19H2,2-3H3,(H,31,32,35). The van der Waals surface area contributed by atoms with E-state index in [-0.39, 0.29) is 24.9 Å². The maximum atomic E-state index is 13.1. The van der Waals surface area contributed by atoms with E-state index in [9.17, 15) is 9.59 Å². The largest absolute Gasteiger partial charge is 0.497 e. The fraction of sp³-hybridized carbons (Fsp3) is 0.138. The van der Waals surface area contributed by atoms with Crippen LogP contribution in [0.15, 0.2) is 91.6 Å². The minimum absolute atomic E-state index is 0.167. The fourth-order valence-corrected chi connectivity index (χ4v) is 3.90. The summed E-state index contributed by atoms with van der Waals surface area (Å²) in [5.74, 6) is 0.328. The molecule has 0 aliphatic carbocycles. The van der Waals surface area contributed by atoms with Gasteiger partial charge < -0.3 is 9.64 Å². The number of benzene rings is 3. The van der Waals surface area contributed by atoms with E-state index in [1.54, 1.807) is 42.0 Å². The van der Waals surface area contributed by atoms with Gasteiger partial charge in [0.2, 0.25) is 11.9 Å². The number of anilines is 1. The predicted molar refractivity (Wildman–Crippen MR) is 146 cm³/mol. The molecule has 3 aromatic carbocycles. The average Bonchev–Trinajstić information content (AvgIpc) is 3.32. The van der Waals surface area contributed by atoms with Crippen LogP contribution in [0.2, 0.25) is 5.02 Å². The van der Waals surface area contributed by atoms with Gasteiger partial charge in [0, 0.05) is 35.0 Å². The summed E-state index contributed by atoms with van der Waals surface area (Å²) < 4.78 is 7.14. The number of hydrogen-bond acceptors (Lipinski definition) is 4. The van der Waals surface area contributed by atoms with Crippen molar-refractivity contribution in [1.29, 1.82) is 0 Å². The molecule has 0 radical (unpaired) electrons. The van der Waals surface area contributed by atoms with Gasteiger partial charge in [-0.25, -0.2) is 4.98 Å². The molecule has 0 spiro atoms. The van der Waals surface area contributed by atoms with Crippen LogP contribution in [0.25, 0.3) is 16.9 Å². The van der Waals surface area contributed by atoms with Gasteiger partial charge in [-0.05, 0) is 43.3 Å². The Morgan fingerprint density at radius 2 is 1.84 bits per heavy atom. The minimum atomic E-state index is -0.389. The number of nitrogens with one attached hydrogen (secondary N) is 1. The van der Waals surface area contributed by atoms with Crippen LogP contribution in [-0.4, -0.2) is 46.5 Å². The number of methoxy groups -OCH3 is 1. The molecule has 7 nitrogen and oxygen atoms in total. The van der Waals surface area contributed by atoms with Crippen molar-refractivity contribution < 1.29 is 14.3 Å². The van der Waals surface area contributed by atoms with Crippen LogP contribution in [0.3, 0.4) is 0 Å². The van der Waals surface area contributed by atoms with Crippen LogP contribution in [0, 0.1) is 6.92 Å². The Hall–Kier alpha value is -4.36. The number of rotatable bonds is 9. The Balaban J connectivity index is 1.62. The molecule has 1 aromatic heterocycles. The van der Waals surface area contributed by atoms with Crippen molar-refractivity contribution in [3.63, 3.8) is 0 Å². The van der Waals surface area contributed by atoms with Gasteiger partial charge in [-0.3, -0.25) is 19.5 Å². The van der Waals surface area contributed by atoms with E-state index in [0.717, 1.165) is 16.8 Å². The summed E-state index contributed by atoms with van der Waals surface area (Å²) in [6.07, 6.45) is 3.42. The van der Waals surface area contributed by atoms with Gasteiger partial charge >= 0.3 is 0 Å². The lowest BCUT2D eigenvalue weighted by Gasteiger charge is -2.21. The summed E-state index contributed by atoms with van der Waals surface area (Å²) in [4.78, 5) is 32.3. The SMILES string of the molecule is C=CCN(CC(=O)Nc1nc(-c2ccc(Cl)cc2)cn1-c1cccc(OC)c1)C(=O)c1ccc(C)cc1. The summed E-state index contributed by atoms with van der Waals surface area (Å²) in [5.41, 5.74) is 3.78. The van der Waals surface area contributed by atoms with E-state index >= 15 is 0 Å². The molecule has 0 aliphatic rings. The molecule has 188 valence electrons. The lowest BCUT2D eigenvalue weighted by Crippen LogP contribution is -2.38. The van der Waals surface area contributed by atoms with Crippen molar-refractivity contribution >= 4 is 29.4 Å². The third-order valence-corrected chi connectivity index (χ3v) is 5.95. The number of aryl methyl sites for hydroxylation is 1. The number of carbonyl (C=O) groups is 2. The number of aromatic nitrogens is 2. The van der Waals surface area contributed by atoms with E-state index in [1.165, 1.54) is 4.90 Å². The van der Waals surface area contributed by atoms with E-state index in [0.29, 0.717) is 28.0 Å². The highest BCUT2D eigenvalue weighted by Gasteiger charge is 2.20. The van der Waals surface area contributed by atoms with Crippen LogP contribution in [-0.2, 0) is 4.79 Å². The molecule has 2 amide bonds. The minimum Gasteiger partial charge on any atom is -0.497 e. The van der Waals surface area contributed by atoms with Crippen LogP contribution < -0.4 is 10.1 Å². The average molecular weight is 515 g/mol. The van der Waals surface area contributed by atoms with Crippen molar-refractivity contribution in [2.24, 2.45) is 0 Å². The number of hydrogen-bond donors (Lipinski definition) is 1. The molecule has 4 aromatic rings. The second kappa shape index (κ2) is 11.6. The summed E-state index contributed by atoms with van der Waals surface area (Å²) >= 11 is 6.05. The maximum absolute atomic E-state index is 13.1. The lowest BCUT2D eigenvalue weighted by atomic mass is 10.1. The zero-order valence-electron chi connectivity index (χ0n) is 20.6. The lowest BCUT2D eigenvalue weighted by molar-refractivity contribution is -0.116. The Morgan fingerprint density at radius 1 is 1.11 bits per heavy atom. The van der Waals surface area contributed by atoms with Gasteiger partial charge in [-0.2, -0.15) is 0 Å². The summed E-state index contributed by atoms with van der Waals surface area (Å²) in [5, 5.41) is 3.49. The molecule has 0 fully saturated rings. The number of halogens is 1. The summed E-state index contributed by atoms with van der Waals surface area (Å²) in [6.45, 7) is 5.74. The Kier molecular flexibility index (Phi) is 8.05. The van der Waals surface area contributed by atoms with Gasteiger partial charge in [-0.15, -0.1) is 6.58 Å². The third-order valence-electron chi connectivity index (χ3n) is 5.70. The van der Waals surface area contributed by atoms with Crippen molar-refractivity contribution in [2.45, 2.75) is 6.92 Å². The number of amides is 2. The first kappa shape index (κ1) is 25.7. The molecule has 37 heavy (non-hydrogen) atoms. The van der Waals surface area contributed by atoms with E-state index in [4.69, 9.17) is 16.3 Å². The van der Waals surface area contributed by atoms with Crippen molar-refractivity contribution in [3.8, 4) is 22.7 Å². The fourth-order valence-electron chi connectivity index (χ4n) is 3.78. The monoisotopic (exact) mass is 514 g/mol. The Bertz CT molecular complexity index is 1410. The molecule has 4 rings (SSSR count). The number of nitrogens with zero attached hydrogens (tertiary/aromatic N) is 3. The first-order valence-electron chi connectivity index (χ1n) is 11.6. The topological polar surface area (TPSA) is 76.5 Å². The predicted octanol–water partition coefficient (Wildman–Crippen LogP) is 5.78. The molecule has 0 aliphatic heterocycles. The first-order chi connectivity index (χ1) is 17.9. The highest BCUT2D eigenvalue weighted by molar-refractivity contribution is 6.30. The summed E-state index contributed by atoms with van der Waals surface area (Å²) in [7, 11) is 1.59. The molecule has 0 unspecified atom stereocenters. The van der Waals surface area contributed by atoms with Crippen LogP contribution in [0.4, 0.5) is 5.95 Å². The molecule has 1 N–H and O–H groups in total. The van der Waals surface area contributed by atoms with Crippen LogP contribution in [0.1, 0.15) is 15.9 Å². The molecule has 0 atom stereocenters. The zero-order chi connectivity index (χ0) is 26.4. The number of imidazole rings is 1. The number of carbonyl (C=O) groups excluding carboxylic acids is 2. The van der Waals surface area contributed by atoms with Crippen molar-refractivity contribution in [2.75, 3.05) is 25.5 Å². The zero-order valence-corrected chi connectivity index (χ0v) is 21.4. The highest BCUT2D eigenvalue weighted by Crippen LogP contribution is 2.27. The van der Waals surface area contributed by atoms with Crippen molar-refractivity contribution in [1.82, 2.24) is 14.5 Å². The van der Waals surface area contributed by atoms with Gasteiger partial charge in [0.15, 0.2) is 0 Å². The van der Waals surface area contributed by atoms with Gasteiger partial charge in [0.05, 0.1) is 18.5 Å². The van der Waals surface area contributed by atoms with Crippen molar-refractivity contribution in [3.05, 3.63) is 108 Å². The van der Waals surface area contributed by atoms with E-state index < -0.39 is 0 Å². The smallest absolute Gasteiger partial charge is 0.254 e. The van der Waals surface area contributed by atoms with Gasteiger partial charge in [0.1, 0.15) is 12.3 Å². The second-order valence-electron chi connectivity index (χ2n) is 8.42. The van der Waals surface area contributed by atoms with Gasteiger partial charge in [-0.1, -0.05) is 53.6 Å². The van der Waals surface area contributed by atoms with Gasteiger partial charge in [0.25, 0.3) is 5.91 Å². The molecule has 0 saturated carbocycles. The Morgan fingerprint density at radius 3 is 2.51 bits per heavy atom. The molecule has 1 heterocycles. The summed E-state index contributed by atoms with van der Waals surface area (Å²) in [6, 6.07) is 21.9. The molecular formula is C29H27ClN4O3. The second-order valence-corrected chi connectivity index (χ2v) is 8.85. The molecule has 8 heteroatoms. The highest BCUT2D eigenvalue weighted by atomic mass is 35.5. The quantitative estimate of drug-likeness (QED) is 0.287. The molecular weight excluding hydrogens is 488 g/mol.